The fourth-order valence-corrected chi connectivity index (χ4v) is 2.66. The van der Waals surface area contributed by atoms with Crippen molar-refractivity contribution in [1.82, 2.24) is 4.90 Å². The number of likely N-dealkylation sites (N-methyl/N-ethyl adjacent to an activating group) is 1. The summed E-state index contributed by atoms with van der Waals surface area (Å²) in [6.45, 7) is 1.52. The Hall–Kier alpha value is -2.24. The average Bonchev–Trinajstić information content (AvgIpc) is 2.67. The summed E-state index contributed by atoms with van der Waals surface area (Å²) in [6, 6.07) is 15.3. The van der Waals surface area contributed by atoms with Crippen LogP contribution in [-0.4, -0.2) is 51.0 Å². The van der Waals surface area contributed by atoms with Crippen LogP contribution in [0.2, 0.25) is 0 Å². The fourth-order valence-electron chi connectivity index (χ4n) is 2.66. The molecule has 25 heavy (non-hydrogen) atoms. The summed E-state index contributed by atoms with van der Waals surface area (Å²) in [5.74, 6) is 2.46. The number of aliphatic hydroxyl groups excluding tert-OH is 1. The van der Waals surface area contributed by atoms with Crippen molar-refractivity contribution >= 4 is 0 Å². The molecule has 5 nitrogen and oxygen atoms in total. The van der Waals surface area contributed by atoms with Crippen molar-refractivity contribution < 1.29 is 19.3 Å². The number of aliphatic hydroxyl groups is 1. The third-order valence-corrected chi connectivity index (χ3v) is 4.19. The molecule has 0 spiro atoms. The van der Waals surface area contributed by atoms with Crippen LogP contribution in [-0.2, 0) is 0 Å². The highest BCUT2D eigenvalue weighted by Gasteiger charge is 2.15. The van der Waals surface area contributed by atoms with E-state index in [0.717, 1.165) is 35.8 Å². The lowest BCUT2D eigenvalue weighted by Gasteiger charge is -2.27. The Morgan fingerprint density at radius 2 is 1.40 bits per heavy atom. The van der Waals surface area contributed by atoms with E-state index in [9.17, 15) is 5.11 Å². The predicted octanol–water partition coefficient (Wildman–Crippen LogP) is 3.14. The van der Waals surface area contributed by atoms with Crippen molar-refractivity contribution in [3.05, 3.63) is 54.1 Å². The summed E-state index contributed by atoms with van der Waals surface area (Å²) in [7, 11) is 5.30. The molecule has 2 aromatic carbocycles. The highest BCUT2D eigenvalue weighted by molar-refractivity contribution is 5.31. The van der Waals surface area contributed by atoms with Gasteiger partial charge in [0.05, 0.1) is 33.5 Å². The Morgan fingerprint density at radius 3 is 1.92 bits per heavy atom. The van der Waals surface area contributed by atoms with Crippen LogP contribution in [0.4, 0.5) is 0 Å². The van der Waals surface area contributed by atoms with Crippen molar-refractivity contribution in [2.24, 2.45) is 0 Å². The van der Waals surface area contributed by atoms with Gasteiger partial charge in [-0.3, -0.25) is 4.90 Å². The molecule has 0 amide bonds. The summed E-state index contributed by atoms with van der Waals surface area (Å²) >= 11 is 0. The van der Waals surface area contributed by atoms with E-state index in [1.54, 1.807) is 14.2 Å². The smallest absolute Gasteiger partial charge is 0.119 e. The van der Waals surface area contributed by atoms with E-state index in [-0.39, 0.29) is 12.6 Å². The molecule has 1 atom stereocenters. The Kier molecular flexibility index (Phi) is 7.57. The van der Waals surface area contributed by atoms with Gasteiger partial charge in [-0.1, -0.05) is 12.1 Å². The van der Waals surface area contributed by atoms with Gasteiger partial charge in [0, 0.05) is 6.54 Å². The van der Waals surface area contributed by atoms with Crippen LogP contribution in [0.3, 0.4) is 0 Å². The zero-order valence-corrected chi connectivity index (χ0v) is 15.1. The maximum Gasteiger partial charge on any atom is 0.119 e. The largest absolute Gasteiger partial charge is 0.497 e. The standard InChI is InChI=1S/C20H27NO4/c1-21(20(15-22)16-5-7-17(23-2)8-6-16)13-4-14-25-19-11-9-18(24-3)10-12-19/h5-12,20,22H,4,13-15H2,1-3H3. The van der Waals surface area contributed by atoms with E-state index in [1.165, 1.54) is 0 Å². The molecule has 0 aromatic heterocycles. The lowest BCUT2D eigenvalue weighted by atomic mass is 10.1. The first-order chi connectivity index (χ1) is 12.2. The second-order valence-electron chi connectivity index (χ2n) is 5.83. The topological polar surface area (TPSA) is 51.2 Å². The maximum absolute atomic E-state index is 9.74. The Labute approximate surface area is 149 Å². The second-order valence-corrected chi connectivity index (χ2v) is 5.83. The number of methoxy groups -OCH3 is 2. The van der Waals surface area contributed by atoms with Crippen LogP contribution in [0.15, 0.2) is 48.5 Å². The lowest BCUT2D eigenvalue weighted by Crippen LogP contribution is -2.29. The molecule has 1 unspecified atom stereocenters. The van der Waals surface area contributed by atoms with Crippen molar-refractivity contribution in [3.63, 3.8) is 0 Å². The molecule has 0 fully saturated rings. The molecule has 0 saturated heterocycles. The van der Waals surface area contributed by atoms with Gasteiger partial charge >= 0.3 is 0 Å². The molecular weight excluding hydrogens is 318 g/mol. The van der Waals surface area contributed by atoms with Crippen LogP contribution in [0.1, 0.15) is 18.0 Å². The number of nitrogens with zero attached hydrogens (tertiary/aromatic N) is 1. The first-order valence-corrected chi connectivity index (χ1v) is 8.40. The van der Waals surface area contributed by atoms with Gasteiger partial charge in [-0.25, -0.2) is 0 Å². The van der Waals surface area contributed by atoms with Gasteiger partial charge in [0.15, 0.2) is 0 Å². The van der Waals surface area contributed by atoms with Gasteiger partial charge < -0.3 is 19.3 Å². The SMILES string of the molecule is COc1ccc(OCCCN(C)C(CO)c2ccc(OC)cc2)cc1. The second kappa shape index (κ2) is 9.91. The summed E-state index contributed by atoms with van der Waals surface area (Å²) < 4.78 is 16.1. The summed E-state index contributed by atoms with van der Waals surface area (Å²) in [5.41, 5.74) is 1.07. The first kappa shape index (κ1) is 19.1. The van der Waals surface area contributed by atoms with Crippen molar-refractivity contribution in [2.45, 2.75) is 12.5 Å². The highest BCUT2D eigenvalue weighted by Crippen LogP contribution is 2.22. The van der Waals surface area contributed by atoms with Crippen molar-refractivity contribution in [3.8, 4) is 17.2 Å². The highest BCUT2D eigenvalue weighted by atomic mass is 16.5. The minimum atomic E-state index is -0.0353. The Balaban J connectivity index is 1.79. The molecule has 0 aliphatic rings. The van der Waals surface area contributed by atoms with E-state index >= 15 is 0 Å². The van der Waals surface area contributed by atoms with Crippen LogP contribution < -0.4 is 14.2 Å². The summed E-state index contributed by atoms with van der Waals surface area (Å²) in [5, 5.41) is 9.74. The Bertz CT molecular complexity index is 613. The van der Waals surface area contributed by atoms with E-state index in [1.807, 2.05) is 55.6 Å². The fraction of sp³-hybridized carbons (Fsp3) is 0.400. The maximum atomic E-state index is 9.74. The van der Waals surface area contributed by atoms with E-state index in [2.05, 4.69) is 4.90 Å². The monoisotopic (exact) mass is 345 g/mol. The van der Waals surface area contributed by atoms with Gasteiger partial charge in [0.25, 0.3) is 0 Å². The Morgan fingerprint density at radius 1 is 0.880 bits per heavy atom. The van der Waals surface area contributed by atoms with Crippen LogP contribution in [0.25, 0.3) is 0 Å². The molecule has 0 aliphatic heterocycles. The molecule has 0 aliphatic carbocycles. The van der Waals surface area contributed by atoms with Gasteiger partial charge in [0.1, 0.15) is 17.2 Å². The number of rotatable bonds is 10. The van der Waals surface area contributed by atoms with Gasteiger partial charge in [-0.2, -0.15) is 0 Å². The van der Waals surface area contributed by atoms with E-state index < -0.39 is 0 Å². The molecule has 0 radical (unpaired) electrons. The van der Waals surface area contributed by atoms with Gasteiger partial charge in [0.2, 0.25) is 0 Å². The predicted molar refractivity (Wildman–Crippen MR) is 98.6 cm³/mol. The van der Waals surface area contributed by atoms with Gasteiger partial charge in [-0.05, 0) is 55.4 Å². The van der Waals surface area contributed by atoms with Crippen LogP contribution >= 0.6 is 0 Å². The van der Waals surface area contributed by atoms with Crippen molar-refractivity contribution in [2.75, 3.05) is 41.0 Å². The third-order valence-electron chi connectivity index (χ3n) is 4.19. The number of hydrogen-bond donors (Lipinski definition) is 1. The molecule has 5 heteroatoms. The quantitative estimate of drug-likeness (QED) is 0.671. The van der Waals surface area contributed by atoms with E-state index in [4.69, 9.17) is 14.2 Å². The zero-order valence-electron chi connectivity index (χ0n) is 15.1. The number of hydrogen-bond acceptors (Lipinski definition) is 5. The minimum Gasteiger partial charge on any atom is -0.497 e. The minimum absolute atomic E-state index is 0.0353. The summed E-state index contributed by atoms with van der Waals surface area (Å²) in [6.07, 6.45) is 0.870. The molecule has 1 N–H and O–H groups in total. The molecule has 2 aromatic rings. The molecule has 0 heterocycles. The summed E-state index contributed by atoms with van der Waals surface area (Å²) in [4.78, 5) is 2.14. The van der Waals surface area contributed by atoms with Crippen molar-refractivity contribution in [1.29, 1.82) is 0 Å². The first-order valence-electron chi connectivity index (χ1n) is 8.40. The molecule has 2 rings (SSSR count). The molecule has 0 bridgehead atoms. The lowest BCUT2D eigenvalue weighted by molar-refractivity contribution is 0.140. The average molecular weight is 345 g/mol. The van der Waals surface area contributed by atoms with Gasteiger partial charge in [-0.15, -0.1) is 0 Å². The van der Waals surface area contributed by atoms with Crippen LogP contribution in [0, 0.1) is 0 Å². The normalized spacial score (nSPS) is 12.0. The van der Waals surface area contributed by atoms with Crippen LogP contribution in [0.5, 0.6) is 17.2 Å². The number of benzene rings is 2. The zero-order chi connectivity index (χ0) is 18.1. The third kappa shape index (κ3) is 5.66. The van der Waals surface area contributed by atoms with E-state index in [0.29, 0.717) is 6.61 Å². The molecule has 0 saturated carbocycles. The number of ether oxygens (including phenoxy) is 3. The molecular formula is C20H27NO4. The molecule has 136 valence electrons.